The molecule has 2 heteroatoms. The molecular weight excluding hydrogens is 641 g/mol. The summed E-state index contributed by atoms with van der Waals surface area (Å²) in [4.78, 5) is 0. The van der Waals surface area contributed by atoms with Crippen molar-refractivity contribution in [2.45, 2.75) is 52.4 Å². The highest BCUT2D eigenvalue weighted by molar-refractivity contribution is 6.13. The number of nitrogens with zero attached hydrogens (tertiary/aromatic N) is 2. The molecule has 1 aliphatic carbocycles. The summed E-state index contributed by atoms with van der Waals surface area (Å²) >= 11 is 0. The standard InChI is InChI=1S/C51H44N2/c1-49(2)41-31-47(52-43-23-15-13-21-37(43)39-29-35(25-27-45(39)52)33-17-9-7-10-18-33)48(32-42(41)50(3,4)51(49,5)6)53-44-24-16-14-22-38(44)40-30-36(26-28-46(40)53)34-19-11-8-12-20-34/h7-32H,1-6H3. The van der Waals surface area contributed by atoms with Gasteiger partial charge in [-0.1, -0.05) is 151 Å². The molecule has 9 aromatic rings. The number of aromatic nitrogens is 2. The van der Waals surface area contributed by atoms with Gasteiger partial charge in [-0.05, 0) is 98.2 Å². The summed E-state index contributed by atoms with van der Waals surface area (Å²) in [7, 11) is 0. The van der Waals surface area contributed by atoms with Crippen molar-refractivity contribution in [3.63, 3.8) is 0 Å². The molecule has 0 unspecified atom stereocenters. The lowest BCUT2D eigenvalue weighted by Gasteiger charge is -2.44. The van der Waals surface area contributed by atoms with Crippen LogP contribution in [0.4, 0.5) is 0 Å². The Morgan fingerprint density at radius 2 is 0.679 bits per heavy atom. The number of para-hydroxylation sites is 2. The van der Waals surface area contributed by atoms with Crippen LogP contribution in [0.1, 0.15) is 52.7 Å². The molecular formula is C51H44N2. The van der Waals surface area contributed by atoms with E-state index in [2.05, 4.69) is 208 Å². The minimum Gasteiger partial charge on any atom is -0.307 e. The zero-order valence-electron chi connectivity index (χ0n) is 31.4. The fraction of sp³-hybridized carbons (Fsp3) is 0.176. The van der Waals surface area contributed by atoms with E-state index in [0.29, 0.717) is 0 Å². The third-order valence-electron chi connectivity index (χ3n) is 13.6. The van der Waals surface area contributed by atoms with Crippen molar-refractivity contribution in [1.29, 1.82) is 0 Å². The van der Waals surface area contributed by atoms with Crippen molar-refractivity contribution >= 4 is 43.6 Å². The molecule has 7 aromatic carbocycles. The molecule has 0 amide bonds. The maximum Gasteiger partial charge on any atom is 0.0706 e. The van der Waals surface area contributed by atoms with Crippen LogP contribution >= 0.6 is 0 Å². The van der Waals surface area contributed by atoms with Gasteiger partial charge in [0.1, 0.15) is 0 Å². The van der Waals surface area contributed by atoms with Gasteiger partial charge in [-0.3, -0.25) is 0 Å². The first-order valence-corrected chi connectivity index (χ1v) is 18.9. The third-order valence-corrected chi connectivity index (χ3v) is 13.6. The second-order valence-corrected chi connectivity index (χ2v) is 16.7. The summed E-state index contributed by atoms with van der Waals surface area (Å²) in [6, 6.07) is 58.5. The second kappa shape index (κ2) is 11.1. The van der Waals surface area contributed by atoms with Crippen molar-refractivity contribution in [2.75, 3.05) is 0 Å². The number of hydrogen-bond donors (Lipinski definition) is 0. The molecule has 0 saturated carbocycles. The van der Waals surface area contributed by atoms with E-state index in [1.807, 2.05) is 0 Å². The van der Waals surface area contributed by atoms with Crippen molar-refractivity contribution < 1.29 is 0 Å². The van der Waals surface area contributed by atoms with Gasteiger partial charge < -0.3 is 9.13 Å². The lowest BCUT2D eigenvalue weighted by Crippen LogP contribution is -2.42. The minimum absolute atomic E-state index is 0.0229. The van der Waals surface area contributed by atoms with Gasteiger partial charge in [-0.2, -0.15) is 0 Å². The zero-order chi connectivity index (χ0) is 36.3. The summed E-state index contributed by atoms with van der Waals surface area (Å²) in [6.45, 7) is 14.7. The third kappa shape index (κ3) is 4.33. The Kier molecular flexibility index (Phi) is 6.65. The Bertz CT molecular complexity index is 2700. The highest BCUT2D eigenvalue weighted by Crippen LogP contribution is 2.62. The van der Waals surface area contributed by atoms with E-state index in [-0.39, 0.29) is 16.2 Å². The van der Waals surface area contributed by atoms with Gasteiger partial charge in [0.05, 0.1) is 33.4 Å². The fourth-order valence-corrected chi connectivity index (χ4v) is 9.51. The minimum atomic E-state index is -0.0518. The van der Waals surface area contributed by atoms with Crippen molar-refractivity contribution in [2.24, 2.45) is 5.41 Å². The predicted octanol–water partition coefficient (Wildman–Crippen LogP) is 13.8. The molecule has 0 radical (unpaired) electrons. The average molecular weight is 685 g/mol. The molecule has 53 heavy (non-hydrogen) atoms. The molecule has 0 fully saturated rings. The first kappa shape index (κ1) is 31.8. The van der Waals surface area contributed by atoms with E-state index in [0.717, 1.165) is 0 Å². The summed E-state index contributed by atoms with van der Waals surface area (Å²) in [5.74, 6) is 0. The van der Waals surface area contributed by atoms with E-state index in [1.54, 1.807) is 0 Å². The fourth-order valence-electron chi connectivity index (χ4n) is 9.51. The molecule has 0 atom stereocenters. The maximum atomic E-state index is 2.55. The van der Waals surface area contributed by atoms with Crippen LogP contribution in [0, 0.1) is 5.41 Å². The first-order chi connectivity index (χ1) is 25.6. The highest BCUT2D eigenvalue weighted by Gasteiger charge is 2.57. The van der Waals surface area contributed by atoms with Gasteiger partial charge in [-0.15, -0.1) is 0 Å². The summed E-state index contributed by atoms with van der Waals surface area (Å²) in [5.41, 5.74) is 15.0. The Morgan fingerprint density at radius 3 is 1.09 bits per heavy atom. The normalized spacial score (nSPS) is 15.8. The second-order valence-electron chi connectivity index (χ2n) is 16.7. The van der Waals surface area contributed by atoms with Gasteiger partial charge in [0, 0.05) is 21.5 Å². The van der Waals surface area contributed by atoms with E-state index in [9.17, 15) is 0 Å². The highest BCUT2D eigenvalue weighted by atomic mass is 15.1. The van der Waals surface area contributed by atoms with Gasteiger partial charge in [0.25, 0.3) is 0 Å². The van der Waals surface area contributed by atoms with E-state index < -0.39 is 0 Å². The molecule has 258 valence electrons. The van der Waals surface area contributed by atoms with Crippen molar-refractivity contribution in [3.05, 3.63) is 169 Å². The van der Waals surface area contributed by atoms with E-state index in [4.69, 9.17) is 0 Å². The maximum absolute atomic E-state index is 2.55. The molecule has 2 nitrogen and oxygen atoms in total. The molecule has 0 spiro atoms. The number of hydrogen-bond acceptors (Lipinski definition) is 0. The van der Waals surface area contributed by atoms with Crippen LogP contribution in [0.5, 0.6) is 0 Å². The van der Waals surface area contributed by atoms with Gasteiger partial charge in [0.2, 0.25) is 0 Å². The van der Waals surface area contributed by atoms with Crippen LogP contribution in [0.2, 0.25) is 0 Å². The number of benzene rings is 7. The van der Waals surface area contributed by atoms with Crippen LogP contribution in [0.15, 0.2) is 158 Å². The van der Waals surface area contributed by atoms with Crippen LogP contribution in [-0.2, 0) is 10.8 Å². The van der Waals surface area contributed by atoms with Crippen LogP contribution in [0.3, 0.4) is 0 Å². The van der Waals surface area contributed by atoms with Crippen LogP contribution < -0.4 is 0 Å². The number of rotatable bonds is 4. The van der Waals surface area contributed by atoms with E-state index >= 15 is 0 Å². The molecule has 0 bridgehead atoms. The monoisotopic (exact) mass is 684 g/mol. The Balaban J connectivity index is 1.34. The topological polar surface area (TPSA) is 9.86 Å². The van der Waals surface area contributed by atoms with Gasteiger partial charge >= 0.3 is 0 Å². The van der Waals surface area contributed by atoms with E-state index in [1.165, 1.54) is 88.4 Å². The van der Waals surface area contributed by atoms with Crippen LogP contribution in [-0.4, -0.2) is 9.13 Å². The smallest absolute Gasteiger partial charge is 0.0706 e. The summed E-state index contributed by atoms with van der Waals surface area (Å²) in [6.07, 6.45) is 0. The van der Waals surface area contributed by atoms with Gasteiger partial charge in [-0.25, -0.2) is 0 Å². The SMILES string of the molecule is CC1(C)c2cc(-n3c4ccccc4c4cc(-c5ccccc5)ccc43)c(-n3c4ccccc4c4cc(-c5ccccc5)ccc43)cc2C(C)(C)C1(C)C. The summed E-state index contributed by atoms with van der Waals surface area (Å²) < 4.78 is 5.09. The van der Waals surface area contributed by atoms with Crippen LogP contribution in [0.25, 0.3) is 77.2 Å². The molecule has 2 heterocycles. The molecule has 1 aliphatic rings. The quantitative estimate of drug-likeness (QED) is 0.175. The van der Waals surface area contributed by atoms with Crippen molar-refractivity contribution in [3.8, 4) is 33.6 Å². The molecule has 0 aliphatic heterocycles. The van der Waals surface area contributed by atoms with Gasteiger partial charge in [0.15, 0.2) is 0 Å². The number of fused-ring (bicyclic) bond motifs is 7. The lowest BCUT2D eigenvalue weighted by molar-refractivity contribution is 0.125. The Labute approximate surface area is 312 Å². The zero-order valence-corrected chi connectivity index (χ0v) is 31.4. The Morgan fingerprint density at radius 1 is 0.321 bits per heavy atom. The van der Waals surface area contributed by atoms with Crippen molar-refractivity contribution in [1.82, 2.24) is 9.13 Å². The average Bonchev–Trinajstić information content (AvgIpc) is 3.72. The molecule has 0 saturated heterocycles. The Hall–Kier alpha value is -5.86. The summed E-state index contributed by atoms with van der Waals surface area (Å²) in [5, 5.41) is 5.06. The largest absolute Gasteiger partial charge is 0.307 e. The molecule has 10 rings (SSSR count). The lowest BCUT2D eigenvalue weighted by atomic mass is 9.59. The molecule has 2 aromatic heterocycles. The predicted molar refractivity (Wildman–Crippen MR) is 226 cm³/mol. The molecule has 0 N–H and O–H groups in total. The first-order valence-electron chi connectivity index (χ1n) is 18.9.